The smallest absolute Gasteiger partial charge is 0.227 e. The molecule has 0 radical (unpaired) electrons. The standard InChI is InChI=1S/C21H21N2O/c1-12-8-9-23(5)17(10-12)19-14(3)11-13(2)18-16-7-6-15(4)22-21(16)24-20(18)19/h6-11H,1-5H3/q+1. The molecule has 0 atom stereocenters. The molecule has 0 aliphatic carbocycles. The van der Waals surface area contributed by atoms with Crippen molar-refractivity contribution < 1.29 is 8.98 Å². The first-order valence-electron chi connectivity index (χ1n) is 8.22. The van der Waals surface area contributed by atoms with Crippen molar-refractivity contribution in [3.8, 4) is 11.3 Å². The number of aryl methyl sites for hydroxylation is 5. The monoisotopic (exact) mass is 317 g/mol. The largest absolute Gasteiger partial charge is 0.437 e. The second-order valence-corrected chi connectivity index (χ2v) is 6.70. The third-order valence-corrected chi connectivity index (χ3v) is 4.70. The number of pyridine rings is 2. The van der Waals surface area contributed by atoms with Gasteiger partial charge in [-0.1, -0.05) is 6.07 Å². The number of fused-ring (bicyclic) bond motifs is 3. The lowest BCUT2D eigenvalue weighted by Gasteiger charge is -2.08. The van der Waals surface area contributed by atoms with E-state index in [1.165, 1.54) is 22.1 Å². The number of nitrogens with zero attached hydrogens (tertiary/aromatic N) is 2. The van der Waals surface area contributed by atoms with Crippen molar-refractivity contribution in [2.45, 2.75) is 27.7 Å². The first-order valence-corrected chi connectivity index (χ1v) is 8.22. The Morgan fingerprint density at radius 1 is 0.958 bits per heavy atom. The van der Waals surface area contributed by atoms with Crippen LogP contribution in [0.15, 0.2) is 40.9 Å². The van der Waals surface area contributed by atoms with Crippen LogP contribution in [0.5, 0.6) is 0 Å². The third-order valence-electron chi connectivity index (χ3n) is 4.70. The van der Waals surface area contributed by atoms with Crippen molar-refractivity contribution in [2.24, 2.45) is 7.05 Å². The summed E-state index contributed by atoms with van der Waals surface area (Å²) in [6.45, 7) is 8.40. The highest BCUT2D eigenvalue weighted by atomic mass is 16.3. The van der Waals surface area contributed by atoms with Crippen LogP contribution < -0.4 is 4.57 Å². The lowest BCUT2D eigenvalue weighted by molar-refractivity contribution is -0.660. The fraction of sp³-hybridized carbons (Fsp3) is 0.238. The molecule has 0 saturated heterocycles. The molecule has 0 spiro atoms. The molecule has 0 bridgehead atoms. The van der Waals surface area contributed by atoms with Gasteiger partial charge in [-0.25, -0.2) is 9.55 Å². The highest BCUT2D eigenvalue weighted by Crippen LogP contribution is 2.38. The second kappa shape index (κ2) is 5.17. The van der Waals surface area contributed by atoms with Gasteiger partial charge >= 0.3 is 0 Å². The normalized spacial score (nSPS) is 11.5. The Labute approximate surface area is 141 Å². The maximum Gasteiger partial charge on any atom is 0.227 e. The minimum absolute atomic E-state index is 0.718. The van der Waals surface area contributed by atoms with E-state index in [9.17, 15) is 0 Å². The van der Waals surface area contributed by atoms with Crippen LogP contribution in [0, 0.1) is 27.7 Å². The Bertz CT molecular complexity index is 1110. The maximum atomic E-state index is 6.25. The van der Waals surface area contributed by atoms with E-state index in [0.717, 1.165) is 33.6 Å². The summed E-state index contributed by atoms with van der Waals surface area (Å²) in [7, 11) is 2.07. The van der Waals surface area contributed by atoms with Crippen LogP contribution in [0.2, 0.25) is 0 Å². The predicted molar refractivity (Wildman–Crippen MR) is 97.1 cm³/mol. The summed E-state index contributed by atoms with van der Waals surface area (Å²) < 4.78 is 8.40. The lowest BCUT2D eigenvalue weighted by atomic mass is 9.96. The number of hydrogen-bond donors (Lipinski definition) is 0. The molecule has 4 aromatic rings. The van der Waals surface area contributed by atoms with Crippen molar-refractivity contribution in [3.63, 3.8) is 0 Å². The molecule has 24 heavy (non-hydrogen) atoms. The van der Waals surface area contributed by atoms with Crippen molar-refractivity contribution in [1.29, 1.82) is 0 Å². The summed E-state index contributed by atoms with van der Waals surface area (Å²) in [4.78, 5) is 4.58. The van der Waals surface area contributed by atoms with Crippen LogP contribution in [0.25, 0.3) is 33.3 Å². The molecule has 3 aromatic heterocycles. The number of aromatic nitrogens is 2. The van der Waals surface area contributed by atoms with E-state index < -0.39 is 0 Å². The van der Waals surface area contributed by atoms with Gasteiger partial charge in [-0.05, 0) is 56.5 Å². The number of benzene rings is 1. The Kier molecular flexibility index (Phi) is 3.20. The summed E-state index contributed by atoms with van der Waals surface area (Å²) in [6.07, 6.45) is 2.10. The quantitative estimate of drug-likeness (QED) is 0.476. The minimum atomic E-state index is 0.718. The SMILES string of the molecule is Cc1cc[n+](C)c(-c2c(C)cc(C)c3c2oc2nc(C)ccc23)c1. The van der Waals surface area contributed by atoms with E-state index in [4.69, 9.17) is 4.42 Å². The summed E-state index contributed by atoms with van der Waals surface area (Å²) in [5.41, 5.74) is 8.62. The Hall–Kier alpha value is -2.68. The topological polar surface area (TPSA) is 29.9 Å². The zero-order chi connectivity index (χ0) is 17.0. The molecule has 0 aliphatic heterocycles. The van der Waals surface area contributed by atoms with Gasteiger partial charge < -0.3 is 4.42 Å². The molecule has 4 rings (SSSR count). The van der Waals surface area contributed by atoms with Crippen LogP contribution in [-0.2, 0) is 7.05 Å². The first-order chi connectivity index (χ1) is 11.5. The van der Waals surface area contributed by atoms with Crippen molar-refractivity contribution in [1.82, 2.24) is 4.98 Å². The number of furan rings is 1. The Balaban J connectivity index is 2.20. The molecule has 120 valence electrons. The van der Waals surface area contributed by atoms with E-state index in [1.807, 2.05) is 13.0 Å². The van der Waals surface area contributed by atoms with Crippen LogP contribution in [-0.4, -0.2) is 4.98 Å². The molecular weight excluding hydrogens is 296 g/mol. The third kappa shape index (κ3) is 2.12. The van der Waals surface area contributed by atoms with Crippen molar-refractivity contribution in [2.75, 3.05) is 0 Å². The van der Waals surface area contributed by atoms with E-state index in [2.05, 4.69) is 67.8 Å². The second-order valence-electron chi connectivity index (χ2n) is 6.70. The predicted octanol–water partition coefficient (Wildman–Crippen LogP) is 4.71. The molecule has 0 aliphatic rings. The Morgan fingerprint density at radius 2 is 1.75 bits per heavy atom. The molecule has 0 saturated carbocycles. The van der Waals surface area contributed by atoms with Gasteiger partial charge in [0.05, 0.1) is 5.56 Å². The molecule has 1 aromatic carbocycles. The van der Waals surface area contributed by atoms with Gasteiger partial charge in [-0.15, -0.1) is 0 Å². The highest BCUT2D eigenvalue weighted by molar-refractivity contribution is 6.10. The molecule has 3 nitrogen and oxygen atoms in total. The first kappa shape index (κ1) is 14.9. The summed E-state index contributed by atoms with van der Waals surface area (Å²) in [5.74, 6) is 0. The molecule has 0 amide bonds. The van der Waals surface area contributed by atoms with Crippen LogP contribution in [0.3, 0.4) is 0 Å². The molecule has 3 heteroatoms. The Morgan fingerprint density at radius 3 is 2.54 bits per heavy atom. The van der Waals surface area contributed by atoms with Gasteiger partial charge in [-0.2, -0.15) is 0 Å². The van der Waals surface area contributed by atoms with Crippen molar-refractivity contribution in [3.05, 3.63) is 58.9 Å². The molecule has 0 N–H and O–H groups in total. The van der Waals surface area contributed by atoms with Crippen LogP contribution in [0.4, 0.5) is 0 Å². The van der Waals surface area contributed by atoms with Crippen LogP contribution >= 0.6 is 0 Å². The van der Waals surface area contributed by atoms with Gasteiger partial charge in [-0.3, -0.25) is 0 Å². The van der Waals surface area contributed by atoms with Crippen molar-refractivity contribution >= 4 is 22.1 Å². The number of rotatable bonds is 1. The average Bonchev–Trinajstić information content (AvgIpc) is 2.89. The van der Waals surface area contributed by atoms with E-state index in [-0.39, 0.29) is 0 Å². The highest BCUT2D eigenvalue weighted by Gasteiger charge is 2.22. The van der Waals surface area contributed by atoms with Gasteiger partial charge in [0.2, 0.25) is 11.4 Å². The fourth-order valence-electron chi connectivity index (χ4n) is 3.53. The zero-order valence-corrected chi connectivity index (χ0v) is 14.8. The van der Waals surface area contributed by atoms with E-state index in [1.54, 1.807) is 0 Å². The molecule has 3 heterocycles. The van der Waals surface area contributed by atoms with Gasteiger partial charge in [0.1, 0.15) is 7.05 Å². The average molecular weight is 317 g/mol. The summed E-state index contributed by atoms with van der Waals surface area (Å²) in [5, 5.41) is 2.25. The molecule has 0 unspecified atom stereocenters. The summed E-state index contributed by atoms with van der Waals surface area (Å²) >= 11 is 0. The summed E-state index contributed by atoms with van der Waals surface area (Å²) in [6, 6.07) is 10.7. The zero-order valence-electron chi connectivity index (χ0n) is 14.8. The molecule has 0 fully saturated rings. The maximum absolute atomic E-state index is 6.25. The molecular formula is C21H21N2O+. The van der Waals surface area contributed by atoms with Gasteiger partial charge in [0.25, 0.3) is 0 Å². The number of hydrogen-bond acceptors (Lipinski definition) is 2. The fourth-order valence-corrected chi connectivity index (χ4v) is 3.53. The van der Waals surface area contributed by atoms with E-state index >= 15 is 0 Å². The van der Waals surface area contributed by atoms with Gasteiger partial charge in [0, 0.05) is 28.6 Å². The lowest BCUT2D eigenvalue weighted by Crippen LogP contribution is -2.30. The van der Waals surface area contributed by atoms with Gasteiger partial charge in [0.15, 0.2) is 11.8 Å². The minimum Gasteiger partial charge on any atom is -0.437 e. The van der Waals surface area contributed by atoms with Crippen LogP contribution in [0.1, 0.15) is 22.4 Å². The van der Waals surface area contributed by atoms with E-state index in [0.29, 0.717) is 0 Å².